The third-order valence-corrected chi connectivity index (χ3v) is 4.35. The summed E-state index contributed by atoms with van der Waals surface area (Å²) < 4.78 is 0. The first-order valence-electron chi connectivity index (χ1n) is 7.48. The van der Waals surface area contributed by atoms with Gasteiger partial charge in [0.05, 0.1) is 12.1 Å². The van der Waals surface area contributed by atoms with Gasteiger partial charge in [-0.25, -0.2) is 0 Å². The number of benzene rings is 2. The van der Waals surface area contributed by atoms with Gasteiger partial charge in [-0.05, 0) is 29.8 Å². The standard InChI is InChI=1S/C19H16ClNO3/c1-21-17-10-8-14(20)11-16(17)19(24,18(21)23)12-15(22)9-7-13-5-3-2-4-6-13/h2-11,24H,12H2,1H3/b9-7-/t19-/m0/s1. The summed E-state index contributed by atoms with van der Waals surface area (Å²) in [7, 11) is 1.57. The van der Waals surface area contributed by atoms with Crippen LogP contribution in [-0.2, 0) is 15.2 Å². The van der Waals surface area contributed by atoms with Gasteiger partial charge in [0.1, 0.15) is 0 Å². The SMILES string of the molecule is CN1C(=O)[C@](O)(CC(=O)/C=C\c2ccccc2)c2cc(Cl)ccc21. The number of nitrogens with zero attached hydrogens (tertiary/aromatic N) is 1. The molecule has 0 saturated carbocycles. The van der Waals surface area contributed by atoms with Crippen LogP contribution >= 0.6 is 11.6 Å². The van der Waals surface area contributed by atoms with Crippen LogP contribution in [0.5, 0.6) is 0 Å². The normalized spacial score (nSPS) is 19.8. The van der Waals surface area contributed by atoms with Crippen LogP contribution in [0.2, 0.25) is 5.02 Å². The van der Waals surface area contributed by atoms with Gasteiger partial charge in [0, 0.05) is 17.6 Å². The minimum absolute atomic E-state index is 0.327. The minimum Gasteiger partial charge on any atom is -0.375 e. The van der Waals surface area contributed by atoms with Crippen molar-refractivity contribution in [2.45, 2.75) is 12.0 Å². The number of ketones is 1. The van der Waals surface area contributed by atoms with Crippen LogP contribution in [0, 0.1) is 0 Å². The zero-order valence-electron chi connectivity index (χ0n) is 13.1. The van der Waals surface area contributed by atoms with Gasteiger partial charge in [-0.2, -0.15) is 0 Å². The van der Waals surface area contributed by atoms with Gasteiger partial charge in [-0.1, -0.05) is 48.0 Å². The fourth-order valence-corrected chi connectivity index (χ4v) is 3.04. The monoisotopic (exact) mass is 341 g/mol. The van der Waals surface area contributed by atoms with Crippen molar-refractivity contribution in [2.75, 3.05) is 11.9 Å². The van der Waals surface area contributed by atoms with Gasteiger partial charge in [0.2, 0.25) is 0 Å². The quantitative estimate of drug-likeness (QED) is 0.869. The van der Waals surface area contributed by atoms with E-state index >= 15 is 0 Å². The van der Waals surface area contributed by atoms with Crippen molar-refractivity contribution in [3.05, 3.63) is 70.8 Å². The second kappa shape index (κ2) is 6.23. The van der Waals surface area contributed by atoms with Crippen molar-refractivity contribution in [3.8, 4) is 0 Å². The number of hydrogen-bond donors (Lipinski definition) is 1. The van der Waals surface area contributed by atoms with E-state index in [0.717, 1.165) is 5.56 Å². The Morgan fingerprint density at radius 1 is 1.25 bits per heavy atom. The molecule has 0 bridgehead atoms. The van der Waals surface area contributed by atoms with Crippen LogP contribution < -0.4 is 4.90 Å². The molecular weight excluding hydrogens is 326 g/mol. The van der Waals surface area contributed by atoms with E-state index in [0.29, 0.717) is 16.3 Å². The van der Waals surface area contributed by atoms with Gasteiger partial charge in [-0.15, -0.1) is 0 Å². The Hall–Kier alpha value is -2.43. The number of likely N-dealkylation sites (N-methyl/N-ethyl adjacent to an activating group) is 1. The van der Waals surface area contributed by atoms with Gasteiger partial charge in [-0.3, -0.25) is 9.59 Å². The average molecular weight is 342 g/mol. The molecule has 2 aromatic rings. The molecule has 122 valence electrons. The zero-order valence-corrected chi connectivity index (χ0v) is 13.8. The summed E-state index contributed by atoms with van der Waals surface area (Å²) >= 11 is 5.98. The van der Waals surface area contributed by atoms with E-state index in [1.165, 1.54) is 17.0 Å². The number of hydrogen-bond acceptors (Lipinski definition) is 3. The number of rotatable bonds is 4. The smallest absolute Gasteiger partial charge is 0.263 e. The molecule has 0 unspecified atom stereocenters. The second-order valence-electron chi connectivity index (χ2n) is 5.77. The summed E-state index contributed by atoms with van der Waals surface area (Å²) in [5.74, 6) is -0.864. The molecule has 1 N–H and O–H groups in total. The van der Waals surface area contributed by atoms with Gasteiger partial charge >= 0.3 is 0 Å². The van der Waals surface area contributed by atoms with Gasteiger partial charge < -0.3 is 10.0 Å². The van der Waals surface area contributed by atoms with E-state index in [1.807, 2.05) is 30.3 Å². The van der Waals surface area contributed by atoms with E-state index in [2.05, 4.69) is 0 Å². The topological polar surface area (TPSA) is 57.6 Å². The number of aliphatic hydroxyl groups is 1. The van der Waals surface area contributed by atoms with E-state index in [4.69, 9.17) is 11.6 Å². The maximum absolute atomic E-state index is 12.5. The van der Waals surface area contributed by atoms with Crippen LogP contribution in [0.1, 0.15) is 17.5 Å². The molecule has 0 aromatic heterocycles. The predicted octanol–water partition coefficient (Wildman–Crippen LogP) is 3.18. The third kappa shape index (κ3) is 2.86. The summed E-state index contributed by atoms with van der Waals surface area (Å²) in [5.41, 5.74) is -0.0838. The molecule has 0 fully saturated rings. The fraction of sp³-hybridized carbons (Fsp3) is 0.158. The Bertz CT molecular complexity index is 832. The fourth-order valence-electron chi connectivity index (χ4n) is 2.87. The third-order valence-electron chi connectivity index (χ3n) is 4.12. The molecule has 1 heterocycles. The molecule has 1 atom stereocenters. The van der Waals surface area contributed by atoms with E-state index in [9.17, 15) is 14.7 Å². The van der Waals surface area contributed by atoms with Crippen molar-refractivity contribution < 1.29 is 14.7 Å². The maximum atomic E-state index is 12.5. The number of carbonyl (C=O) groups is 2. The summed E-state index contributed by atoms with van der Waals surface area (Å²) in [6, 6.07) is 14.2. The molecule has 3 rings (SSSR count). The van der Waals surface area contributed by atoms with Crippen LogP contribution in [0.25, 0.3) is 6.08 Å². The molecule has 1 aliphatic rings. The Balaban J connectivity index is 1.86. The van der Waals surface area contributed by atoms with Gasteiger partial charge in [0.25, 0.3) is 5.91 Å². The average Bonchev–Trinajstić information content (AvgIpc) is 2.75. The van der Waals surface area contributed by atoms with Crippen molar-refractivity contribution >= 4 is 35.1 Å². The molecule has 1 amide bonds. The van der Waals surface area contributed by atoms with Crippen LogP contribution in [0.4, 0.5) is 5.69 Å². The summed E-state index contributed by atoms with van der Waals surface area (Å²) in [5, 5.41) is 11.3. The molecule has 0 radical (unpaired) electrons. The first-order chi connectivity index (χ1) is 11.4. The van der Waals surface area contributed by atoms with E-state index < -0.39 is 11.5 Å². The Labute approximate surface area is 145 Å². The molecule has 2 aromatic carbocycles. The molecule has 0 aliphatic carbocycles. The Morgan fingerprint density at radius 2 is 1.96 bits per heavy atom. The van der Waals surface area contributed by atoms with Crippen LogP contribution in [0.3, 0.4) is 0 Å². The van der Waals surface area contributed by atoms with E-state index in [-0.39, 0.29) is 12.2 Å². The first-order valence-corrected chi connectivity index (χ1v) is 7.86. The molecule has 4 nitrogen and oxygen atoms in total. The Kier molecular flexibility index (Phi) is 4.26. The second-order valence-corrected chi connectivity index (χ2v) is 6.21. The molecule has 24 heavy (non-hydrogen) atoms. The summed E-state index contributed by atoms with van der Waals surface area (Å²) in [6.45, 7) is 0. The van der Waals surface area contributed by atoms with Crippen molar-refractivity contribution in [3.63, 3.8) is 0 Å². The summed E-state index contributed by atoms with van der Waals surface area (Å²) in [6.07, 6.45) is 2.71. The first kappa shape index (κ1) is 16.4. The minimum atomic E-state index is -1.88. The lowest BCUT2D eigenvalue weighted by molar-refractivity contribution is -0.140. The highest BCUT2D eigenvalue weighted by Crippen LogP contribution is 2.42. The summed E-state index contributed by atoms with van der Waals surface area (Å²) in [4.78, 5) is 26.1. The lowest BCUT2D eigenvalue weighted by Crippen LogP contribution is -2.40. The van der Waals surface area contributed by atoms with Crippen LogP contribution in [0.15, 0.2) is 54.6 Å². The number of carbonyl (C=O) groups excluding carboxylic acids is 2. The number of amides is 1. The molecule has 5 heteroatoms. The molecule has 1 aliphatic heterocycles. The predicted molar refractivity (Wildman–Crippen MR) is 93.9 cm³/mol. The van der Waals surface area contributed by atoms with Crippen molar-refractivity contribution in [2.24, 2.45) is 0 Å². The lowest BCUT2D eigenvalue weighted by Gasteiger charge is -2.20. The van der Waals surface area contributed by atoms with Crippen LogP contribution in [-0.4, -0.2) is 23.8 Å². The van der Waals surface area contributed by atoms with E-state index in [1.54, 1.807) is 25.3 Å². The van der Waals surface area contributed by atoms with Gasteiger partial charge in [0.15, 0.2) is 11.4 Å². The highest BCUT2D eigenvalue weighted by Gasteiger charge is 2.49. The number of fused-ring (bicyclic) bond motifs is 1. The molecular formula is C19H16ClNO3. The molecule has 0 saturated heterocycles. The molecule has 0 spiro atoms. The highest BCUT2D eigenvalue weighted by molar-refractivity contribution is 6.31. The Morgan fingerprint density at radius 3 is 2.67 bits per heavy atom. The van der Waals surface area contributed by atoms with Crippen molar-refractivity contribution in [1.29, 1.82) is 0 Å². The number of allylic oxidation sites excluding steroid dienone is 1. The highest BCUT2D eigenvalue weighted by atomic mass is 35.5. The zero-order chi connectivity index (χ0) is 17.3. The van der Waals surface area contributed by atoms with Crippen molar-refractivity contribution in [1.82, 2.24) is 0 Å². The number of anilines is 1. The largest absolute Gasteiger partial charge is 0.375 e. The number of halogens is 1. The maximum Gasteiger partial charge on any atom is 0.263 e. The lowest BCUT2D eigenvalue weighted by atomic mass is 9.89.